The van der Waals surface area contributed by atoms with E-state index in [4.69, 9.17) is 11.6 Å². The first-order valence-corrected chi connectivity index (χ1v) is 5.68. The van der Waals surface area contributed by atoms with Crippen LogP contribution in [0.15, 0.2) is 36.8 Å². The van der Waals surface area contributed by atoms with Crippen LogP contribution in [0.1, 0.15) is 0 Å². The highest BCUT2D eigenvalue weighted by molar-refractivity contribution is 6.17. The number of pyridine rings is 1. The van der Waals surface area contributed by atoms with Crippen molar-refractivity contribution < 1.29 is 0 Å². The Bertz CT molecular complexity index is 645. The summed E-state index contributed by atoms with van der Waals surface area (Å²) in [5.74, 6) is 0.585. The van der Waals surface area contributed by atoms with Gasteiger partial charge in [-0.15, -0.1) is 11.6 Å². The molecule has 0 aliphatic rings. The maximum Gasteiger partial charge on any atom is 0.107 e. The Labute approximate surface area is 97.7 Å². The quantitative estimate of drug-likeness (QED) is 0.635. The first kappa shape index (κ1) is 9.60. The molecule has 0 spiro atoms. The summed E-state index contributed by atoms with van der Waals surface area (Å²) in [6, 6.07) is 8.08. The second-order valence-electron chi connectivity index (χ2n) is 3.64. The van der Waals surface area contributed by atoms with Gasteiger partial charge in [-0.1, -0.05) is 18.2 Å². The van der Waals surface area contributed by atoms with Gasteiger partial charge in [-0.05, 0) is 6.07 Å². The zero-order valence-electron chi connectivity index (χ0n) is 8.60. The molecule has 4 heteroatoms. The third-order valence-electron chi connectivity index (χ3n) is 2.68. The predicted octanol–water partition coefficient (Wildman–Crippen LogP) is 2.82. The predicted molar refractivity (Wildman–Crippen MR) is 65.8 cm³/mol. The number of halogens is 1. The minimum atomic E-state index is 0.585. The highest BCUT2D eigenvalue weighted by Crippen LogP contribution is 2.22. The maximum atomic E-state index is 5.78. The van der Waals surface area contributed by atoms with E-state index in [1.165, 1.54) is 0 Å². The Morgan fingerprint density at radius 3 is 2.88 bits per heavy atom. The fourth-order valence-electron chi connectivity index (χ4n) is 1.96. The second kappa shape index (κ2) is 3.76. The average molecular weight is 232 g/mol. The smallest absolute Gasteiger partial charge is 0.107 e. The van der Waals surface area contributed by atoms with E-state index in [2.05, 4.69) is 20.6 Å². The number of hydrogen-bond donors (Lipinski definition) is 0. The molecule has 3 rings (SSSR count). The summed E-state index contributed by atoms with van der Waals surface area (Å²) in [6.07, 6.45) is 3.63. The number of imidazole rings is 1. The summed E-state index contributed by atoms with van der Waals surface area (Å²) >= 11 is 5.78. The van der Waals surface area contributed by atoms with E-state index in [1.807, 2.05) is 30.7 Å². The molecule has 16 heavy (non-hydrogen) atoms. The van der Waals surface area contributed by atoms with Gasteiger partial charge in [0.25, 0.3) is 0 Å². The SMILES string of the molecule is ClCCn1cnc2cnc3ccccc3c21. The van der Waals surface area contributed by atoms with E-state index >= 15 is 0 Å². The van der Waals surface area contributed by atoms with Gasteiger partial charge in [0.1, 0.15) is 5.52 Å². The number of hydrogen-bond acceptors (Lipinski definition) is 2. The number of aryl methyl sites for hydroxylation is 1. The van der Waals surface area contributed by atoms with Gasteiger partial charge in [0.2, 0.25) is 0 Å². The van der Waals surface area contributed by atoms with Gasteiger partial charge in [-0.2, -0.15) is 0 Å². The molecule has 0 aliphatic carbocycles. The Morgan fingerprint density at radius 1 is 1.12 bits per heavy atom. The molecular weight excluding hydrogens is 222 g/mol. The van der Waals surface area contributed by atoms with Crippen LogP contribution in [0.5, 0.6) is 0 Å². The van der Waals surface area contributed by atoms with Gasteiger partial charge in [-0.25, -0.2) is 4.98 Å². The lowest BCUT2D eigenvalue weighted by atomic mass is 10.2. The lowest BCUT2D eigenvalue weighted by molar-refractivity contribution is 0.795. The van der Waals surface area contributed by atoms with Gasteiger partial charge in [-0.3, -0.25) is 4.98 Å². The molecule has 80 valence electrons. The molecule has 0 amide bonds. The Morgan fingerprint density at radius 2 is 2.00 bits per heavy atom. The molecular formula is C12H10ClN3. The zero-order chi connectivity index (χ0) is 11.0. The average Bonchev–Trinajstić information content (AvgIpc) is 2.73. The topological polar surface area (TPSA) is 30.7 Å². The normalized spacial score (nSPS) is 11.3. The van der Waals surface area contributed by atoms with E-state index in [0.717, 1.165) is 28.5 Å². The molecule has 1 aromatic carbocycles. The van der Waals surface area contributed by atoms with Crippen molar-refractivity contribution in [3.8, 4) is 0 Å². The first-order valence-electron chi connectivity index (χ1n) is 5.14. The van der Waals surface area contributed by atoms with E-state index in [0.29, 0.717) is 5.88 Å². The summed E-state index contributed by atoms with van der Waals surface area (Å²) in [5.41, 5.74) is 3.03. The van der Waals surface area contributed by atoms with Crippen LogP contribution < -0.4 is 0 Å². The van der Waals surface area contributed by atoms with Crippen molar-refractivity contribution in [2.45, 2.75) is 6.54 Å². The number of para-hydroxylation sites is 1. The van der Waals surface area contributed by atoms with Gasteiger partial charge in [0.15, 0.2) is 0 Å². The van der Waals surface area contributed by atoms with E-state index in [-0.39, 0.29) is 0 Å². The molecule has 0 aliphatic heterocycles. The van der Waals surface area contributed by atoms with Crippen molar-refractivity contribution >= 4 is 33.5 Å². The minimum Gasteiger partial charge on any atom is -0.329 e. The van der Waals surface area contributed by atoms with Gasteiger partial charge in [0, 0.05) is 17.8 Å². The minimum absolute atomic E-state index is 0.585. The van der Waals surface area contributed by atoms with Crippen LogP contribution in [-0.4, -0.2) is 20.4 Å². The maximum absolute atomic E-state index is 5.78. The first-order chi connectivity index (χ1) is 7.90. The Kier molecular flexibility index (Phi) is 2.26. The van der Waals surface area contributed by atoms with Crippen LogP contribution in [0.4, 0.5) is 0 Å². The van der Waals surface area contributed by atoms with E-state index in [9.17, 15) is 0 Å². The van der Waals surface area contributed by atoms with Crippen LogP contribution in [0.3, 0.4) is 0 Å². The standard InChI is InChI=1S/C12H10ClN3/c13-5-6-16-8-15-11-7-14-10-4-2-1-3-9(10)12(11)16/h1-4,7-8H,5-6H2. The second-order valence-corrected chi connectivity index (χ2v) is 4.01. The molecule has 0 unspecified atom stereocenters. The summed E-state index contributed by atoms with van der Waals surface area (Å²) < 4.78 is 2.08. The number of fused-ring (bicyclic) bond motifs is 3. The number of rotatable bonds is 2. The van der Waals surface area contributed by atoms with E-state index in [1.54, 1.807) is 0 Å². The molecule has 0 saturated carbocycles. The number of alkyl halides is 1. The highest BCUT2D eigenvalue weighted by Gasteiger charge is 2.06. The summed E-state index contributed by atoms with van der Waals surface area (Å²) in [7, 11) is 0. The molecule has 3 aromatic rings. The van der Waals surface area contributed by atoms with Crippen molar-refractivity contribution in [1.29, 1.82) is 0 Å². The molecule has 0 fully saturated rings. The number of benzene rings is 1. The lowest BCUT2D eigenvalue weighted by Crippen LogP contribution is -1.97. The fraction of sp³-hybridized carbons (Fsp3) is 0.167. The molecule has 0 radical (unpaired) electrons. The van der Waals surface area contributed by atoms with Gasteiger partial charge >= 0.3 is 0 Å². The number of aromatic nitrogens is 3. The third kappa shape index (κ3) is 1.36. The summed E-state index contributed by atoms with van der Waals surface area (Å²) in [4.78, 5) is 8.70. The molecule has 3 nitrogen and oxygen atoms in total. The summed E-state index contributed by atoms with van der Waals surface area (Å²) in [6.45, 7) is 0.770. The van der Waals surface area contributed by atoms with Gasteiger partial charge < -0.3 is 4.57 Å². The van der Waals surface area contributed by atoms with Crippen molar-refractivity contribution in [2.24, 2.45) is 0 Å². The van der Waals surface area contributed by atoms with Crippen LogP contribution in [0, 0.1) is 0 Å². The molecule has 0 bridgehead atoms. The third-order valence-corrected chi connectivity index (χ3v) is 2.85. The van der Waals surface area contributed by atoms with Crippen molar-refractivity contribution in [3.05, 3.63) is 36.8 Å². The van der Waals surface area contributed by atoms with Crippen LogP contribution >= 0.6 is 11.6 Å². The highest BCUT2D eigenvalue weighted by atomic mass is 35.5. The monoisotopic (exact) mass is 231 g/mol. The lowest BCUT2D eigenvalue weighted by Gasteiger charge is -2.03. The largest absolute Gasteiger partial charge is 0.329 e. The van der Waals surface area contributed by atoms with Gasteiger partial charge in [0.05, 0.1) is 23.6 Å². The van der Waals surface area contributed by atoms with Crippen molar-refractivity contribution in [3.63, 3.8) is 0 Å². The Hall–Kier alpha value is -1.61. The van der Waals surface area contributed by atoms with Crippen LogP contribution in [0.2, 0.25) is 0 Å². The Balaban J connectivity index is 2.42. The van der Waals surface area contributed by atoms with Crippen LogP contribution in [-0.2, 0) is 6.54 Å². The van der Waals surface area contributed by atoms with Crippen LogP contribution in [0.25, 0.3) is 21.9 Å². The molecule has 0 atom stereocenters. The fourth-order valence-corrected chi connectivity index (χ4v) is 2.14. The van der Waals surface area contributed by atoms with E-state index < -0.39 is 0 Å². The summed E-state index contributed by atoms with van der Waals surface area (Å²) in [5, 5.41) is 1.13. The number of nitrogens with zero attached hydrogens (tertiary/aromatic N) is 3. The van der Waals surface area contributed by atoms with Crippen molar-refractivity contribution in [1.82, 2.24) is 14.5 Å². The van der Waals surface area contributed by atoms with Crippen molar-refractivity contribution in [2.75, 3.05) is 5.88 Å². The zero-order valence-corrected chi connectivity index (χ0v) is 9.35. The molecule has 0 N–H and O–H groups in total. The molecule has 2 heterocycles. The molecule has 0 saturated heterocycles. The molecule has 2 aromatic heterocycles.